The first-order chi connectivity index (χ1) is 13.5. The van der Waals surface area contributed by atoms with Crippen molar-refractivity contribution in [2.75, 3.05) is 0 Å². The highest BCUT2D eigenvalue weighted by atomic mass is 79.9. The summed E-state index contributed by atoms with van der Waals surface area (Å²) in [5, 5.41) is 10.9. The first-order valence-electron chi connectivity index (χ1n) is 8.31. The van der Waals surface area contributed by atoms with Crippen molar-refractivity contribution in [1.82, 2.24) is 4.40 Å². The van der Waals surface area contributed by atoms with Crippen molar-refractivity contribution < 1.29 is 14.1 Å². The van der Waals surface area contributed by atoms with Gasteiger partial charge in [-0.25, -0.2) is 4.39 Å². The van der Waals surface area contributed by atoms with E-state index in [4.69, 9.17) is 0 Å². The van der Waals surface area contributed by atoms with E-state index in [2.05, 4.69) is 15.9 Å². The molecule has 4 rings (SSSR count). The second kappa shape index (κ2) is 7.01. The zero-order chi connectivity index (χ0) is 19.8. The minimum atomic E-state index is -0.659. The Balaban J connectivity index is 1.92. The Morgan fingerprint density at radius 3 is 2.32 bits per heavy atom. The number of nitro groups is 1. The third kappa shape index (κ3) is 2.99. The molecule has 2 heterocycles. The lowest BCUT2D eigenvalue weighted by molar-refractivity contribution is -0.384. The van der Waals surface area contributed by atoms with Crippen LogP contribution in [0.25, 0.3) is 16.8 Å². The van der Waals surface area contributed by atoms with Gasteiger partial charge in [0, 0.05) is 33.9 Å². The van der Waals surface area contributed by atoms with Crippen molar-refractivity contribution in [1.29, 1.82) is 0 Å². The zero-order valence-corrected chi connectivity index (χ0v) is 15.9. The summed E-state index contributed by atoms with van der Waals surface area (Å²) in [6.45, 7) is 0. The fourth-order valence-electron chi connectivity index (χ4n) is 3.15. The second-order valence-electron chi connectivity index (χ2n) is 6.13. The molecular weight excluding hydrogens is 427 g/mol. The fraction of sp³-hybridized carbons (Fsp3) is 0. The SMILES string of the molecule is O=C(c1ccc(Br)cc1)c1c(F)c(-c2ccc([N+](=O)[O-])cc2)n2ccccc12. The van der Waals surface area contributed by atoms with Gasteiger partial charge in [0.1, 0.15) is 0 Å². The largest absolute Gasteiger partial charge is 0.313 e. The van der Waals surface area contributed by atoms with E-state index in [1.807, 2.05) is 0 Å². The van der Waals surface area contributed by atoms with Crippen LogP contribution in [-0.4, -0.2) is 15.1 Å². The van der Waals surface area contributed by atoms with E-state index >= 15 is 4.39 Å². The van der Waals surface area contributed by atoms with Crippen LogP contribution in [0.3, 0.4) is 0 Å². The number of aromatic nitrogens is 1. The molecule has 7 heteroatoms. The lowest BCUT2D eigenvalue weighted by Gasteiger charge is -2.03. The van der Waals surface area contributed by atoms with E-state index in [1.165, 1.54) is 24.3 Å². The van der Waals surface area contributed by atoms with E-state index < -0.39 is 16.5 Å². The van der Waals surface area contributed by atoms with Crippen molar-refractivity contribution in [2.45, 2.75) is 0 Å². The molecule has 0 spiro atoms. The first kappa shape index (κ1) is 18.1. The Morgan fingerprint density at radius 2 is 1.68 bits per heavy atom. The molecule has 0 fully saturated rings. The van der Waals surface area contributed by atoms with E-state index in [9.17, 15) is 14.9 Å². The number of nitro benzene ring substituents is 1. The van der Waals surface area contributed by atoms with Crippen molar-refractivity contribution in [2.24, 2.45) is 0 Å². The Kier molecular flexibility index (Phi) is 4.52. The predicted octanol–water partition coefficient (Wildman–Crippen LogP) is 5.65. The molecule has 0 radical (unpaired) electrons. The second-order valence-corrected chi connectivity index (χ2v) is 7.05. The van der Waals surface area contributed by atoms with Gasteiger partial charge >= 0.3 is 0 Å². The van der Waals surface area contributed by atoms with Crippen LogP contribution in [0.5, 0.6) is 0 Å². The molecule has 0 aliphatic rings. The highest BCUT2D eigenvalue weighted by molar-refractivity contribution is 9.10. The van der Waals surface area contributed by atoms with Crippen LogP contribution in [0, 0.1) is 15.9 Å². The number of fused-ring (bicyclic) bond motifs is 1. The predicted molar refractivity (Wildman–Crippen MR) is 107 cm³/mol. The van der Waals surface area contributed by atoms with Crippen LogP contribution in [0.4, 0.5) is 10.1 Å². The van der Waals surface area contributed by atoms with Crippen LogP contribution in [0.2, 0.25) is 0 Å². The van der Waals surface area contributed by atoms with Gasteiger partial charge in [-0.2, -0.15) is 0 Å². The Morgan fingerprint density at radius 1 is 1.00 bits per heavy atom. The monoisotopic (exact) mass is 438 g/mol. The number of ketones is 1. The minimum absolute atomic E-state index is 0.0312. The average molecular weight is 439 g/mol. The number of hydrogen-bond donors (Lipinski definition) is 0. The molecule has 0 N–H and O–H groups in total. The summed E-state index contributed by atoms with van der Waals surface area (Å²) >= 11 is 3.32. The first-order valence-corrected chi connectivity index (χ1v) is 9.10. The van der Waals surface area contributed by atoms with Crippen molar-refractivity contribution in [3.63, 3.8) is 0 Å². The molecule has 4 aromatic rings. The Hall–Kier alpha value is -3.32. The van der Waals surface area contributed by atoms with Gasteiger partial charge in [0.2, 0.25) is 0 Å². The Bertz CT molecular complexity index is 1220. The number of rotatable bonds is 4. The van der Waals surface area contributed by atoms with Crippen LogP contribution in [0.15, 0.2) is 77.4 Å². The number of benzene rings is 2. The van der Waals surface area contributed by atoms with Gasteiger partial charge in [-0.15, -0.1) is 0 Å². The maximum atomic E-state index is 15.5. The number of pyridine rings is 1. The van der Waals surface area contributed by atoms with Crippen LogP contribution < -0.4 is 0 Å². The average Bonchev–Trinajstić information content (AvgIpc) is 3.00. The van der Waals surface area contributed by atoms with Gasteiger partial charge in [0.05, 0.1) is 21.7 Å². The number of halogens is 2. The van der Waals surface area contributed by atoms with E-state index in [-0.39, 0.29) is 16.9 Å². The van der Waals surface area contributed by atoms with E-state index in [1.54, 1.807) is 53.1 Å². The molecule has 0 bridgehead atoms. The van der Waals surface area contributed by atoms with Crippen LogP contribution in [0.1, 0.15) is 15.9 Å². The quantitative estimate of drug-likeness (QED) is 0.235. The van der Waals surface area contributed by atoms with E-state index in [0.717, 1.165) is 4.47 Å². The van der Waals surface area contributed by atoms with Gasteiger partial charge in [0.15, 0.2) is 11.6 Å². The number of hydrogen-bond acceptors (Lipinski definition) is 3. The van der Waals surface area contributed by atoms with Crippen molar-refractivity contribution >= 4 is 32.9 Å². The fourth-order valence-corrected chi connectivity index (χ4v) is 3.41. The van der Waals surface area contributed by atoms with Gasteiger partial charge in [-0.05, 0) is 48.5 Å². The molecular formula is C21H12BrFN2O3. The summed E-state index contributed by atoms with van der Waals surface area (Å²) in [6.07, 6.45) is 1.66. The number of carbonyl (C=O) groups excluding carboxylic acids is 1. The number of nitrogens with zero attached hydrogens (tertiary/aromatic N) is 2. The summed E-state index contributed by atoms with van der Waals surface area (Å²) in [5.41, 5.74) is 1.31. The summed E-state index contributed by atoms with van der Waals surface area (Å²) in [4.78, 5) is 23.4. The number of non-ortho nitro benzene ring substituents is 1. The van der Waals surface area contributed by atoms with Crippen LogP contribution in [-0.2, 0) is 0 Å². The maximum absolute atomic E-state index is 15.5. The molecule has 0 unspecified atom stereocenters. The number of carbonyl (C=O) groups is 1. The van der Waals surface area contributed by atoms with Gasteiger partial charge in [0.25, 0.3) is 5.69 Å². The van der Waals surface area contributed by atoms with E-state index in [0.29, 0.717) is 16.6 Å². The molecule has 5 nitrogen and oxygen atoms in total. The molecule has 138 valence electrons. The molecule has 0 atom stereocenters. The third-order valence-electron chi connectivity index (χ3n) is 4.47. The van der Waals surface area contributed by atoms with Crippen LogP contribution >= 0.6 is 15.9 Å². The molecule has 2 aromatic carbocycles. The molecule has 2 aromatic heterocycles. The third-order valence-corrected chi connectivity index (χ3v) is 5.00. The summed E-state index contributed by atoms with van der Waals surface area (Å²) in [5.74, 6) is -1.09. The van der Waals surface area contributed by atoms with Gasteiger partial charge in [-0.3, -0.25) is 14.9 Å². The Labute approximate surface area is 167 Å². The van der Waals surface area contributed by atoms with Crippen molar-refractivity contribution in [3.05, 3.63) is 104 Å². The molecule has 0 amide bonds. The topological polar surface area (TPSA) is 64.6 Å². The van der Waals surface area contributed by atoms with Crippen molar-refractivity contribution in [3.8, 4) is 11.3 Å². The summed E-state index contributed by atoms with van der Waals surface area (Å²) in [7, 11) is 0. The van der Waals surface area contributed by atoms with Gasteiger partial charge in [-0.1, -0.05) is 22.0 Å². The normalized spacial score (nSPS) is 10.9. The lowest BCUT2D eigenvalue weighted by atomic mass is 10.0. The zero-order valence-electron chi connectivity index (χ0n) is 14.3. The smallest absolute Gasteiger partial charge is 0.269 e. The molecule has 0 saturated heterocycles. The molecule has 0 aliphatic carbocycles. The lowest BCUT2D eigenvalue weighted by Crippen LogP contribution is -2.02. The summed E-state index contributed by atoms with van der Waals surface area (Å²) < 4.78 is 17.9. The maximum Gasteiger partial charge on any atom is 0.269 e. The molecule has 0 saturated carbocycles. The minimum Gasteiger partial charge on any atom is -0.313 e. The standard InChI is InChI=1S/C21H12BrFN2O3/c22-15-8-4-14(5-9-15)21(26)18-17-3-1-2-12-24(17)20(19(18)23)13-6-10-16(11-7-13)25(27)28/h1-12H. The summed E-state index contributed by atoms with van der Waals surface area (Å²) in [6, 6.07) is 17.4. The molecule has 28 heavy (non-hydrogen) atoms. The highest BCUT2D eigenvalue weighted by Gasteiger charge is 2.25. The molecule has 0 aliphatic heterocycles. The highest BCUT2D eigenvalue weighted by Crippen LogP contribution is 2.33. The van der Waals surface area contributed by atoms with Gasteiger partial charge < -0.3 is 4.40 Å².